The second-order valence-corrected chi connectivity index (χ2v) is 4.29. The van der Waals surface area contributed by atoms with Crippen LogP contribution < -0.4 is 0 Å². The zero-order valence-electron chi connectivity index (χ0n) is 10.4. The van der Waals surface area contributed by atoms with E-state index in [1.807, 2.05) is 30.3 Å². The highest BCUT2D eigenvalue weighted by Crippen LogP contribution is 2.26. The van der Waals surface area contributed by atoms with Gasteiger partial charge in [0.1, 0.15) is 5.75 Å². The molecule has 18 heavy (non-hydrogen) atoms. The molecule has 2 rings (SSSR count). The van der Waals surface area contributed by atoms with Crippen molar-refractivity contribution in [3.63, 3.8) is 0 Å². The van der Waals surface area contributed by atoms with Crippen molar-refractivity contribution in [2.45, 2.75) is 13.8 Å². The van der Waals surface area contributed by atoms with Gasteiger partial charge >= 0.3 is 0 Å². The summed E-state index contributed by atoms with van der Waals surface area (Å²) in [5.74, 6) is 0.242. The van der Waals surface area contributed by atoms with E-state index in [-0.39, 0.29) is 5.75 Å². The fourth-order valence-electron chi connectivity index (χ4n) is 1.81. The maximum Gasteiger partial charge on any atom is 0.217 e. The molecule has 0 aliphatic heterocycles. The highest BCUT2D eigenvalue weighted by molar-refractivity contribution is 5.76. The first-order valence-corrected chi connectivity index (χ1v) is 5.74. The Balaban J connectivity index is 2.40. The first-order valence-electron chi connectivity index (χ1n) is 5.74. The molecule has 0 saturated heterocycles. The Kier molecular flexibility index (Phi) is 3.33. The summed E-state index contributed by atoms with van der Waals surface area (Å²) in [5, 5.41) is 21.7. The van der Waals surface area contributed by atoms with Gasteiger partial charge < -0.3 is 10.3 Å². The summed E-state index contributed by atoms with van der Waals surface area (Å²) in [5.41, 5.74) is 2.77. The summed E-state index contributed by atoms with van der Waals surface area (Å²) >= 11 is 0. The van der Waals surface area contributed by atoms with E-state index in [1.165, 1.54) is 6.21 Å². The average molecular weight is 241 g/mol. The van der Waals surface area contributed by atoms with E-state index in [0.717, 1.165) is 10.3 Å². The lowest BCUT2D eigenvalue weighted by Crippen LogP contribution is -1.99. The lowest BCUT2D eigenvalue weighted by atomic mass is 10.1. The van der Waals surface area contributed by atoms with Crippen LogP contribution in [0.25, 0.3) is 0 Å². The number of benzene rings is 2. The number of nitrogens with zero attached hydrogens (tertiary/aromatic N) is 1. The number of aryl methyl sites for hydroxylation is 2. The van der Waals surface area contributed by atoms with E-state index in [1.54, 1.807) is 26.0 Å². The molecule has 2 aromatic carbocycles. The van der Waals surface area contributed by atoms with Crippen molar-refractivity contribution in [1.29, 1.82) is 0 Å². The quantitative estimate of drug-likeness (QED) is 0.379. The lowest BCUT2D eigenvalue weighted by molar-refractivity contribution is -0.354. The zero-order chi connectivity index (χ0) is 13.1. The third-order valence-corrected chi connectivity index (χ3v) is 2.80. The van der Waals surface area contributed by atoms with Crippen LogP contribution in [-0.4, -0.2) is 16.1 Å². The van der Waals surface area contributed by atoms with Gasteiger partial charge in [0.25, 0.3) is 0 Å². The van der Waals surface area contributed by atoms with Crippen molar-refractivity contribution in [3.8, 4) is 5.75 Å². The fraction of sp³-hybridized carbons (Fsp3) is 0.133. The Hall–Kier alpha value is -2.29. The minimum absolute atomic E-state index is 0.242. The van der Waals surface area contributed by atoms with Gasteiger partial charge in [-0.25, -0.2) is 0 Å². The summed E-state index contributed by atoms with van der Waals surface area (Å²) in [6, 6.07) is 12.8. The molecule has 0 heterocycles. The molecule has 1 N–H and O–H groups in total. The molecule has 92 valence electrons. The van der Waals surface area contributed by atoms with Crippen LogP contribution >= 0.6 is 0 Å². The molecule has 0 spiro atoms. The largest absolute Gasteiger partial charge is 0.618 e. The Morgan fingerprint density at radius 2 is 1.61 bits per heavy atom. The molecule has 0 unspecified atom stereocenters. The Labute approximate surface area is 106 Å². The number of phenolic OH excluding ortho intramolecular Hbond substituents is 1. The summed E-state index contributed by atoms with van der Waals surface area (Å²) in [6.45, 7) is 3.56. The average Bonchev–Trinajstić information content (AvgIpc) is 2.36. The van der Waals surface area contributed by atoms with Gasteiger partial charge in [0.15, 0.2) is 6.21 Å². The number of hydrogen-bond acceptors (Lipinski definition) is 2. The molecule has 0 aliphatic carbocycles. The Morgan fingerprint density at radius 1 is 1.06 bits per heavy atom. The summed E-state index contributed by atoms with van der Waals surface area (Å²) < 4.78 is 0.814. The van der Waals surface area contributed by atoms with Crippen molar-refractivity contribution in [2.24, 2.45) is 0 Å². The van der Waals surface area contributed by atoms with Crippen LogP contribution in [0.3, 0.4) is 0 Å². The molecular weight excluding hydrogens is 226 g/mol. The zero-order valence-corrected chi connectivity index (χ0v) is 10.4. The minimum atomic E-state index is 0.242. The van der Waals surface area contributed by atoms with Crippen LogP contribution in [0, 0.1) is 19.1 Å². The van der Waals surface area contributed by atoms with Gasteiger partial charge in [-0.1, -0.05) is 18.2 Å². The molecule has 2 aromatic rings. The highest BCUT2D eigenvalue weighted by atomic mass is 16.5. The van der Waals surface area contributed by atoms with Gasteiger partial charge in [-0.05, 0) is 37.1 Å². The number of phenols is 1. The van der Waals surface area contributed by atoms with Crippen molar-refractivity contribution in [2.75, 3.05) is 0 Å². The normalized spacial score (nSPS) is 11.6. The Morgan fingerprint density at radius 3 is 2.17 bits per heavy atom. The second-order valence-electron chi connectivity index (χ2n) is 4.29. The van der Waals surface area contributed by atoms with Crippen molar-refractivity contribution < 1.29 is 9.85 Å². The molecule has 3 nitrogen and oxygen atoms in total. The second kappa shape index (κ2) is 4.92. The monoisotopic (exact) mass is 241 g/mol. The molecule has 3 heteroatoms. The fourth-order valence-corrected chi connectivity index (χ4v) is 1.81. The summed E-state index contributed by atoms with van der Waals surface area (Å²) in [4.78, 5) is 0. The SMILES string of the molecule is Cc1cc([N+]([O-])=Cc2ccccc2)cc(C)c1O. The van der Waals surface area contributed by atoms with E-state index in [4.69, 9.17) is 0 Å². The molecule has 0 aromatic heterocycles. The molecule has 0 amide bonds. The van der Waals surface area contributed by atoms with Crippen molar-refractivity contribution >= 4 is 11.9 Å². The topological polar surface area (TPSA) is 46.3 Å². The van der Waals surface area contributed by atoms with E-state index in [9.17, 15) is 10.3 Å². The standard InChI is InChI=1S/C15H15NO2/c1-11-8-14(9-12(2)15(11)17)16(18)10-13-6-4-3-5-7-13/h3-10,17H,1-2H3. The maximum absolute atomic E-state index is 12.0. The van der Waals surface area contributed by atoms with Crippen molar-refractivity contribution in [3.05, 3.63) is 64.4 Å². The first kappa shape index (κ1) is 12.2. The lowest BCUT2D eigenvalue weighted by Gasteiger charge is -2.07. The third kappa shape index (κ3) is 2.51. The predicted octanol–water partition coefficient (Wildman–Crippen LogP) is 3.27. The predicted molar refractivity (Wildman–Crippen MR) is 72.5 cm³/mol. The van der Waals surface area contributed by atoms with Gasteiger partial charge in [-0.3, -0.25) is 0 Å². The van der Waals surface area contributed by atoms with Crippen molar-refractivity contribution in [1.82, 2.24) is 0 Å². The van der Waals surface area contributed by atoms with Crippen LogP contribution in [-0.2, 0) is 0 Å². The summed E-state index contributed by atoms with van der Waals surface area (Å²) in [6.07, 6.45) is 1.52. The molecule has 0 atom stereocenters. The third-order valence-electron chi connectivity index (χ3n) is 2.80. The van der Waals surface area contributed by atoms with Gasteiger partial charge in [0, 0.05) is 17.7 Å². The molecule has 0 saturated carbocycles. The molecule has 0 radical (unpaired) electrons. The van der Waals surface area contributed by atoms with E-state index < -0.39 is 0 Å². The van der Waals surface area contributed by atoms with Crippen LogP contribution in [0.4, 0.5) is 5.69 Å². The van der Waals surface area contributed by atoms with Crippen LogP contribution in [0.2, 0.25) is 0 Å². The smallest absolute Gasteiger partial charge is 0.217 e. The maximum atomic E-state index is 12.0. The van der Waals surface area contributed by atoms with E-state index in [2.05, 4.69) is 0 Å². The molecule has 0 aliphatic rings. The number of aromatic hydroxyl groups is 1. The highest BCUT2D eigenvalue weighted by Gasteiger charge is 2.08. The van der Waals surface area contributed by atoms with Crippen LogP contribution in [0.15, 0.2) is 42.5 Å². The Bertz CT molecular complexity index is 566. The summed E-state index contributed by atoms with van der Waals surface area (Å²) in [7, 11) is 0. The van der Waals surface area contributed by atoms with Gasteiger partial charge in [0.2, 0.25) is 5.69 Å². The first-order chi connectivity index (χ1) is 8.58. The van der Waals surface area contributed by atoms with E-state index in [0.29, 0.717) is 16.8 Å². The van der Waals surface area contributed by atoms with E-state index >= 15 is 0 Å². The number of rotatable bonds is 2. The molecular formula is C15H15NO2. The van der Waals surface area contributed by atoms with Gasteiger partial charge in [-0.15, -0.1) is 0 Å². The van der Waals surface area contributed by atoms with Crippen LogP contribution in [0.1, 0.15) is 16.7 Å². The van der Waals surface area contributed by atoms with Gasteiger partial charge in [-0.2, -0.15) is 4.74 Å². The molecule has 0 bridgehead atoms. The van der Waals surface area contributed by atoms with Gasteiger partial charge in [0.05, 0.1) is 0 Å². The minimum Gasteiger partial charge on any atom is -0.618 e. The van der Waals surface area contributed by atoms with Crippen LogP contribution in [0.5, 0.6) is 5.75 Å². The molecule has 0 fully saturated rings. The number of hydrogen-bond donors (Lipinski definition) is 1.